The zero-order chi connectivity index (χ0) is 14.2. The highest BCUT2D eigenvalue weighted by Gasteiger charge is 2.77. The van der Waals surface area contributed by atoms with E-state index in [4.69, 9.17) is 34.8 Å². The van der Waals surface area contributed by atoms with Gasteiger partial charge in [-0.2, -0.15) is 8.78 Å². The minimum atomic E-state index is -3.50. The van der Waals surface area contributed by atoms with E-state index in [2.05, 4.69) is 0 Å². The standard InChI is InChI=1S/C8H18Cl3F2N3P.ClH/c1-14(2)17(15(3)4,16(5)6)8(12,13)7(9,10)11;/h1-6H3;1H/q+1;/p-1. The van der Waals surface area contributed by atoms with Crippen molar-refractivity contribution in [1.29, 1.82) is 0 Å². The van der Waals surface area contributed by atoms with Crippen LogP contribution in [0.4, 0.5) is 8.78 Å². The van der Waals surface area contributed by atoms with E-state index >= 15 is 0 Å². The molecule has 18 heavy (non-hydrogen) atoms. The van der Waals surface area contributed by atoms with Crippen molar-refractivity contribution in [2.45, 2.75) is 9.46 Å². The molecule has 0 aliphatic heterocycles. The maximum absolute atomic E-state index is 14.5. The smallest absolute Gasteiger partial charge is 0.448 e. The topological polar surface area (TPSA) is 9.72 Å². The third-order valence-corrected chi connectivity index (χ3v) is 7.93. The highest BCUT2D eigenvalue weighted by molar-refractivity contribution is 7.70. The molecule has 0 aromatic carbocycles. The van der Waals surface area contributed by atoms with Gasteiger partial charge in [-0.05, 0) is 0 Å². The van der Waals surface area contributed by atoms with Crippen LogP contribution in [0.1, 0.15) is 0 Å². The molecule has 0 aliphatic rings. The lowest BCUT2D eigenvalue weighted by Gasteiger charge is -2.45. The van der Waals surface area contributed by atoms with Crippen molar-refractivity contribution in [3.8, 4) is 0 Å². The van der Waals surface area contributed by atoms with Crippen LogP contribution in [-0.4, -0.2) is 65.8 Å². The average Bonchev–Trinajstić information content (AvgIpc) is 1.98. The van der Waals surface area contributed by atoms with Gasteiger partial charge in [-0.25, -0.2) is 0 Å². The van der Waals surface area contributed by atoms with E-state index in [0.29, 0.717) is 0 Å². The molecular formula is C8H18Cl4F2N3P. The van der Waals surface area contributed by atoms with Crippen LogP contribution in [0, 0.1) is 0 Å². The maximum atomic E-state index is 14.5. The van der Waals surface area contributed by atoms with Gasteiger partial charge in [-0.3, -0.25) is 0 Å². The Morgan fingerprint density at radius 1 is 0.778 bits per heavy atom. The normalized spacial score (nSPS) is 14.3. The fraction of sp³-hybridized carbons (Fsp3) is 1.00. The van der Waals surface area contributed by atoms with Crippen molar-refractivity contribution in [3.63, 3.8) is 0 Å². The molecular weight excluding hydrogens is 349 g/mol. The number of halogens is 6. The Labute approximate surface area is 129 Å². The van der Waals surface area contributed by atoms with E-state index in [0.717, 1.165) is 0 Å². The van der Waals surface area contributed by atoms with Gasteiger partial charge in [0, 0.05) is 42.3 Å². The first-order chi connectivity index (χ1) is 7.33. The van der Waals surface area contributed by atoms with Gasteiger partial charge in [-0.1, -0.05) is 34.8 Å². The molecule has 0 N–H and O–H groups in total. The van der Waals surface area contributed by atoms with E-state index < -0.39 is 17.2 Å². The first kappa shape index (κ1) is 21.6. The zero-order valence-corrected chi connectivity index (χ0v) is 15.0. The maximum Gasteiger partial charge on any atom is 0.448 e. The Bertz CT molecular complexity index is 250. The summed E-state index contributed by atoms with van der Waals surface area (Å²) in [6.45, 7) is 0. The van der Waals surface area contributed by atoms with Gasteiger partial charge in [0.15, 0.2) is 0 Å². The fourth-order valence-electron chi connectivity index (χ4n) is 2.00. The summed E-state index contributed by atoms with van der Waals surface area (Å²) in [5.41, 5.74) is -3.50. The molecule has 0 aromatic rings. The summed E-state index contributed by atoms with van der Waals surface area (Å²) in [5, 5.41) is 0. The molecule has 0 saturated heterocycles. The Morgan fingerprint density at radius 3 is 1.06 bits per heavy atom. The quantitative estimate of drug-likeness (QED) is 0.527. The van der Waals surface area contributed by atoms with Gasteiger partial charge < -0.3 is 12.4 Å². The summed E-state index contributed by atoms with van der Waals surface area (Å²) in [5.74, 6) is 0. The third kappa shape index (κ3) is 3.32. The summed E-state index contributed by atoms with van der Waals surface area (Å²) < 4.78 is 30.7. The summed E-state index contributed by atoms with van der Waals surface area (Å²) in [6, 6.07) is 0. The van der Waals surface area contributed by atoms with Crippen LogP contribution >= 0.6 is 42.5 Å². The van der Waals surface area contributed by atoms with Crippen molar-refractivity contribution in [2.75, 3.05) is 42.3 Å². The number of rotatable bonds is 4. The van der Waals surface area contributed by atoms with E-state index in [-0.39, 0.29) is 12.4 Å². The summed E-state index contributed by atoms with van der Waals surface area (Å²) in [7, 11) is 6.06. The lowest BCUT2D eigenvalue weighted by molar-refractivity contribution is -0.00000963. The molecule has 0 bridgehead atoms. The van der Waals surface area contributed by atoms with Crippen LogP contribution in [0.5, 0.6) is 0 Å². The van der Waals surface area contributed by atoms with Crippen LogP contribution in [0.25, 0.3) is 0 Å². The third-order valence-electron chi connectivity index (χ3n) is 2.39. The second kappa shape index (κ2) is 6.86. The highest BCUT2D eigenvalue weighted by atomic mass is 35.6. The second-order valence-electron chi connectivity index (χ2n) is 4.15. The molecule has 0 rings (SSSR count). The summed E-state index contributed by atoms with van der Waals surface area (Å²) >= 11 is 16.4. The predicted octanol–water partition coefficient (Wildman–Crippen LogP) is 0.401. The molecule has 0 unspecified atom stereocenters. The van der Waals surface area contributed by atoms with Gasteiger partial charge in [0.25, 0.3) is 3.79 Å². The Morgan fingerprint density at radius 2 is 1.00 bits per heavy atom. The number of hydrogen-bond donors (Lipinski definition) is 0. The van der Waals surface area contributed by atoms with E-state index in [1.165, 1.54) is 14.0 Å². The minimum absolute atomic E-state index is 0. The average molecular weight is 367 g/mol. The van der Waals surface area contributed by atoms with Crippen LogP contribution in [-0.2, 0) is 0 Å². The molecule has 0 saturated carbocycles. The first-order valence-corrected chi connectivity index (χ1v) is 7.48. The van der Waals surface area contributed by atoms with Crippen molar-refractivity contribution < 1.29 is 21.2 Å². The largest absolute Gasteiger partial charge is 1.00 e. The Balaban J connectivity index is 0. The molecule has 0 radical (unpaired) electrons. The minimum Gasteiger partial charge on any atom is -1.00 e. The molecule has 112 valence electrons. The Kier molecular flexibility index (Phi) is 8.24. The van der Waals surface area contributed by atoms with Gasteiger partial charge in [0.2, 0.25) is 0 Å². The van der Waals surface area contributed by atoms with Gasteiger partial charge in [0.1, 0.15) is 0 Å². The second-order valence-corrected chi connectivity index (χ2v) is 10.5. The monoisotopic (exact) mass is 365 g/mol. The lowest BCUT2D eigenvalue weighted by atomic mass is 10.8. The van der Waals surface area contributed by atoms with Crippen LogP contribution in [0.2, 0.25) is 0 Å². The van der Waals surface area contributed by atoms with E-state index in [1.807, 2.05) is 0 Å². The van der Waals surface area contributed by atoms with Gasteiger partial charge in [0.05, 0.1) is 0 Å². The Hall–Kier alpha value is 1.33. The van der Waals surface area contributed by atoms with Gasteiger partial charge in [-0.15, -0.1) is 14.0 Å². The van der Waals surface area contributed by atoms with Crippen molar-refractivity contribution in [3.05, 3.63) is 0 Å². The molecule has 0 atom stereocenters. The predicted molar refractivity (Wildman–Crippen MR) is 73.2 cm³/mol. The van der Waals surface area contributed by atoms with Crippen LogP contribution in [0.15, 0.2) is 0 Å². The summed E-state index contributed by atoms with van der Waals surface area (Å²) in [6.07, 6.45) is 0. The van der Waals surface area contributed by atoms with E-state index in [9.17, 15) is 8.78 Å². The first-order valence-electron chi connectivity index (χ1n) is 4.70. The molecule has 0 aliphatic carbocycles. The number of nitrogens with zero attached hydrogens (tertiary/aromatic N) is 3. The SMILES string of the molecule is CN(C)[P+](N(C)C)(N(C)C)C(F)(F)C(Cl)(Cl)Cl.[Cl-]. The summed E-state index contributed by atoms with van der Waals surface area (Å²) in [4.78, 5) is 0. The fourth-order valence-corrected chi connectivity index (χ4v) is 7.01. The van der Waals surface area contributed by atoms with Gasteiger partial charge >= 0.3 is 13.4 Å². The lowest BCUT2D eigenvalue weighted by Crippen LogP contribution is -3.00. The molecule has 0 heterocycles. The van der Waals surface area contributed by atoms with Crippen LogP contribution in [0.3, 0.4) is 0 Å². The number of alkyl halides is 5. The molecule has 0 spiro atoms. The molecule has 0 amide bonds. The number of hydrogen-bond acceptors (Lipinski definition) is 3. The molecule has 0 aromatic heterocycles. The van der Waals surface area contributed by atoms with Crippen molar-refractivity contribution >= 4 is 42.5 Å². The molecule has 0 fully saturated rings. The molecule has 3 nitrogen and oxygen atoms in total. The van der Waals surface area contributed by atoms with Crippen molar-refractivity contribution in [1.82, 2.24) is 14.0 Å². The zero-order valence-electron chi connectivity index (χ0n) is 11.1. The van der Waals surface area contributed by atoms with E-state index in [1.54, 1.807) is 42.3 Å². The van der Waals surface area contributed by atoms with Crippen LogP contribution < -0.4 is 12.4 Å². The highest BCUT2D eigenvalue weighted by Crippen LogP contribution is 2.78. The van der Waals surface area contributed by atoms with Crippen molar-refractivity contribution in [2.24, 2.45) is 0 Å². The molecule has 10 heteroatoms.